The Kier molecular flexibility index (Phi) is 5.41. The van der Waals surface area contributed by atoms with Gasteiger partial charge in [0.1, 0.15) is 0 Å². The van der Waals surface area contributed by atoms with Gasteiger partial charge in [0.15, 0.2) is 0 Å². The molecule has 5 nitrogen and oxygen atoms in total. The monoisotopic (exact) mass is 408 g/mol. The molecule has 1 heterocycles. The van der Waals surface area contributed by atoms with Crippen molar-refractivity contribution < 1.29 is 13.2 Å². The molecule has 0 unspecified atom stereocenters. The lowest BCUT2D eigenvalue weighted by atomic mass is 9.48. The lowest BCUT2D eigenvalue weighted by Gasteiger charge is -2.57. The topological polar surface area (TPSA) is 57.7 Å². The summed E-state index contributed by atoms with van der Waals surface area (Å²) in [6, 6.07) is 0.0253. The quantitative estimate of drug-likeness (QED) is 0.655. The second kappa shape index (κ2) is 7.42. The van der Waals surface area contributed by atoms with Crippen molar-refractivity contribution >= 4 is 15.9 Å². The summed E-state index contributed by atoms with van der Waals surface area (Å²) in [5, 5.41) is 0. The lowest BCUT2D eigenvalue weighted by molar-refractivity contribution is -0.127. The third kappa shape index (κ3) is 3.79. The van der Waals surface area contributed by atoms with E-state index in [-0.39, 0.29) is 17.4 Å². The Morgan fingerprint density at radius 3 is 2.00 bits per heavy atom. The Hall–Kier alpha value is -0.880. The zero-order valence-corrected chi connectivity index (χ0v) is 18.5. The Morgan fingerprint density at radius 1 is 1.07 bits per heavy atom. The molecule has 0 aromatic rings. The van der Waals surface area contributed by atoms with Crippen molar-refractivity contribution in [1.29, 1.82) is 0 Å². The van der Waals surface area contributed by atoms with Crippen LogP contribution in [0.5, 0.6) is 0 Å². The first kappa shape index (κ1) is 20.4. The van der Waals surface area contributed by atoms with Gasteiger partial charge in [-0.25, -0.2) is 8.42 Å². The highest BCUT2D eigenvalue weighted by Gasteiger charge is 2.51. The third-order valence-electron chi connectivity index (χ3n) is 8.14. The normalized spacial score (nSPS) is 36.4. The van der Waals surface area contributed by atoms with Crippen molar-refractivity contribution in [2.45, 2.75) is 71.3 Å². The number of likely N-dealkylation sites (tertiary alicyclic amines) is 1. The van der Waals surface area contributed by atoms with Crippen LogP contribution in [0, 0.1) is 23.2 Å². The Balaban J connectivity index is 1.39. The van der Waals surface area contributed by atoms with Crippen molar-refractivity contribution in [2.75, 3.05) is 25.9 Å². The molecule has 0 spiro atoms. The zero-order chi connectivity index (χ0) is 20.1. The number of rotatable bonds is 5. The first-order chi connectivity index (χ1) is 13.2. The molecule has 0 N–H and O–H groups in total. The predicted molar refractivity (Wildman–Crippen MR) is 111 cm³/mol. The average Bonchev–Trinajstić information content (AvgIpc) is 2.60. The molecule has 1 aliphatic heterocycles. The summed E-state index contributed by atoms with van der Waals surface area (Å²) >= 11 is 0. The van der Waals surface area contributed by atoms with Gasteiger partial charge in [-0.2, -0.15) is 4.31 Å². The lowest BCUT2D eigenvalue weighted by Crippen LogP contribution is -2.48. The zero-order valence-electron chi connectivity index (χ0n) is 17.7. The molecule has 1 amide bonds. The first-order valence-corrected chi connectivity index (χ1v) is 13.0. The average molecular weight is 409 g/mol. The molecule has 5 rings (SSSR count). The fraction of sp³-hybridized carbons (Fsp3) is 0.864. The van der Waals surface area contributed by atoms with Crippen LogP contribution in [-0.4, -0.2) is 55.5 Å². The van der Waals surface area contributed by atoms with Crippen LogP contribution in [-0.2, 0) is 14.8 Å². The molecule has 1 saturated heterocycles. The number of hydrogen-bond acceptors (Lipinski definition) is 3. The number of allylic oxidation sites excluding steroid dienone is 1. The van der Waals surface area contributed by atoms with E-state index in [4.69, 9.17) is 0 Å². The third-order valence-corrected chi connectivity index (χ3v) is 9.54. The molecule has 0 aromatic carbocycles. The number of piperidine rings is 1. The molecule has 4 bridgehead atoms. The molecular weight excluding hydrogens is 372 g/mol. The van der Waals surface area contributed by atoms with Gasteiger partial charge in [0.25, 0.3) is 0 Å². The standard InChI is InChI=1S/C22H36N2O3S/c1-4-24(28(3,26)27)20-5-7-23(8-6-20)21(25)9-16(2)22-13-17-10-18(14-22)12-19(11-17)15-22/h9,17-20H,4-8,10-15H2,1-3H3. The van der Waals surface area contributed by atoms with E-state index in [0.717, 1.165) is 30.6 Å². The molecule has 4 aliphatic carbocycles. The van der Waals surface area contributed by atoms with Crippen molar-refractivity contribution in [3.8, 4) is 0 Å². The van der Waals surface area contributed by atoms with Crippen LogP contribution in [0.4, 0.5) is 0 Å². The summed E-state index contributed by atoms with van der Waals surface area (Å²) in [7, 11) is -3.18. The highest BCUT2D eigenvalue weighted by Crippen LogP contribution is 2.62. The summed E-state index contributed by atoms with van der Waals surface area (Å²) in [6.45, 7) is 5.89. The molecular formula is C22H36N2O3S. The molecule has 0 atom stereocenters. The second-order valence-electron chi connectivity index (χ2n) is 10.0. The molecule has 28 heavy (non-hydrogen) atoms. The Labute approximate surface area is 170 Å². The van der Waals surface area contributed by atoms with E-state index in [9.17, 15) is 13.2 Å². The number of sulfonamides is 1. The van der Waals surface area contributed by atoms with Crippen LogP contribution in [0.25, 0.3) is 0 Å². The Bertz CT molecular complexity index is 714. The largest absolute Gasteiger partial charge is 0.339 e. The smallest absolute Gasteiger partial charge is 0.246 e. The fourth-order valence-electron chi connectivity index (χ4n) is 7.16. The number of carbonyl (C=O) groups is 1. The van der Waals surface area contributed by atoms with Gasteiger partial charge < -0.3 is 4.90 Å². The van der Waals surface area contributed by atoms with Crippen LogP contribution in [0.15, 0.2) is 11.6 Å². The molecule has 5 fully saturated rings. The van der Waals surface area contributed by atoms with Crippen LogP contribution >= 0.6 is 0 Å². The first-order valence-electron chi connectivity index (χ1n) is 11.1. The van der Waals surface area contributed by atoms with Gasteiger partial charge in [0.05, 0.1) is 6.26 Å². The minimum absolute atomic E-state index is 0.0253. The number of amides is 1. The van der Waals surface area contributed by atoms with Crippen LogP contribution < -0.4 is 0 Å². The van der Waals surface area contributed by atoms with Crippen molar-refractivity contribution in [2.24, 2.45) is 23.2 Å². The van der Waals surface area contributed by atoms with Gasteiger partial charge in [-0.1, -0.05) is 12.5 Å². The maximum atomic E-state index is 13.0. The van der Waals surface area contributed by atoms with Gasteiger partial charge in [-0.3, -0.25) is 4.79 Å². The van der Waals surface area contributed by atoms with E-state index in [1.54, 1.807) is 4.31 Å². The maximum Gasteiger partial charge on any atom is 0.246 e. The summed E-state index contributed by atoms with van der Waals surface area (Å²) in [4.78, 5) is 14.9. The van der Waals surface area contributed by atoms with E-state index < -0.39 is 10.0 Å². The minimum atomic E-state index is -3.18. The molecule has 4 saturated carbocycles. The second-order valence-corrected chi connectivity index (χ2v) is 12.0. The van der Waals surface area contributed by atoms with Crippen LogP contribution in [0.2, 0.25) is 0 Å². The van der Waals surface area contributed by atoms with Crippen LogP contribution in [0.1, 0.15) is 65.2 Å². The SMILES string of the molecule is CCN(C1CCN(C(=O)C=C(C)C23CC4CC(CC(C4)C2)C3)CC1)S(C)(=O)=O. The van der Waals surface area contributed by atoms with Crippen molar-refractivity contribution in [3.63, 3.8) is 0 Å². The van der Waals surface area contributed by atoms with E-state index in [1.807, 2.05) is 17.9 Å². The highest BCUT2D eigenvalue weighted by atomic mass is 32.2. The summed E-state index contributed by atoms with van der Waals surface area (Å²) in [5.41, 5.74) is 1.60. The predicted octanol–water partition coefficient (Wildman–Crippen LogP) is 3.42. The van der Waals surface area contributed by atoms with E-state index >= 15 is 0 Å². The van der Waals surface area contributed by atoms with Crippen LogP contribution in [0.3, 0.4) is 0 Å². The molecule has 0 radical (unpaired) electrons. The summed E-state index contributed by atoms with van der Waals surface area (Å²) in [5.74, 6) is 2.79. The molecule has 0 aromatic heterocycles. The van der Waals surface area contributed by atoms with Gasteiger partial charge in [-0.15, -0.1) is 0 Å². The van der Waals surface area contributed by atoms with Gasteiger partial charge in [0, 0.05) is 31.8 Å². The van der Waals surface area contributed by atoms with Crippen molar-refractivity contribution in [1.82, 2.24) is 9.21 Å². The summed E-state index contributed by atoms with van der Waals surface area (Å²) < 4.78 is 25.5. The number of hydrogen-bond donors (Lipinski definition) is 0. The van der Waals surface area contributed by atoms with Gasteiger partial charge >= 0.3 is 0 Å². The Morgan fingerprint density at radius 2 is 1.57 bits per heavy atom. The van der Waals surface area contributed by atoms with Gasteiger partial charge in [0.2, 0.25) is 15.9 Å². The number of carbonyl (C=O) groups excluding carboxylic acids is 1. The fourth-order valence-corrected chi connectivity index (χ4v) is 8.38. The highest BCUT2D eigenvalue weighted by molar-refractivity contribution is 7.88. The van der Waals surface area contributed by atoms with E-state index in [1.165, 1.54) is 50.4 Å². The van der Waals surface area contributed by atoms with Crippen molar-refractivity contribution in [3.05, 3.63) is 11.6 Å². The maximum absolute atomic E-state index is 13.0. The molecule has 5 aliphatic rings. The molecule has 6 heteroatoms. The van der Waals surface area contributed by atoms with E-state index in [2.05, 4.69) is 6.92 Å². The summed E-state index contributed by atoms with van der Waals surface area (Å²) in [6.07, 6.45) is 12.8. The van der Waals surface area contributed by atoms with Gasteiger partial charge in [-0.05, 0) is 81.5 Å². The number of nitrogens with zero attached hydrogens (tertiary/aromatic N) is 2. The van der Waals surface area contributed by atoms with E-state index in [0.29, 0.717) is 19.6 Å². The minimum Gasteiger partial charge on any atom is -0.339 e. The molecule has 158 valence electrons.